The maximum atomic E-state index is 15.4. The van der Waals surface area contributed by atoms with E-state index >= 15 is 4.79 Å². The van der Waals surface area contributed by atoms with Gasteiger partial charge in [-0.25, -0.2) is 0 Å². The number of carbonyl (C=O) groups is 1. The van der Waals surface area contributed by atoms with Crippen LogP contribution in [0.5, 0.6) is 0 Å². The minimum Gasteiger partial charge on any atom is -0.432 e. The SMILES string of the molecule is CC1OC(OC2C(O)COC(O[C@@H]3[C@@H](O)[C@@H](O)[C@H](OC4C(OC(=O)[C@]56CCC(C)(C)CC5C5=CCC7[C@@]8(C)C[C@H](O)[C@H](OC9OC(CO)C(O)C(O)C9O)[C@@](C)(CO)C8[C@H](O)C[C@@]7(C)[C@]5(C)CC6)OCC(O)C4O)O[C@H]3C)C2O)C(O)C(O)C1O. The van der Waals surface area contributed by atoms with Crippen LogP contribution in [0.3, 0.4) is 0 Å². The Morgan fingerprint density at radius 1 is 0.541 bits per heavy atom. The third kappa shape index (κ3) is 10.9. The molecule has 9 fully saturated rings. The highest BCUT2D eigenvalue weighted by Gasteiger charge is 2.73. The van der Waals surface area contributed by atoms with Gasteiger partial charge in [0.2, 0.25) is 6.29 Å². The minimum atomic E-state index is -1.96. The molecule has 0 radical (unpaired) electrons. The topological polar surface area (TPSA) is 433 Å². The van der Waals surface area contributed by atoms with Gasteiger partial charge in [0.25, 0.3) is 0 Å². The van der Waals surface area contributed by atoms with Crippen molar-refractivity contribution in [3.05, 3.63) is 11.6 Å². The van der Waals surface area contributed by atoms with Crippen LogP contribution >= 0.6 is 0 Å². The van der Waals surface area contributed by atoms with Crippen LogP contribution in [-0.2, 0) is 52.2 Å². The van der Waals surface area contributed by atoms with Crippen molar-refractivity contribution >= 4 is 5.97 Å². The number of allylic oxidation sites excluding steroid dienone is 2. The monoisotopic (exact) mass is 1220 g/mol. The molecule has 5 saturated heterocycles. The van der Waals surface area contributed by atoms with E-state index in [1.165, 1.54) is 13.8 Å². The van der Waals surface area contributed by atoms with Gasteiger partial charge in [0, 0.05) is 11.3 Å². The van der Waals surface area contributed by atoms with Gasteiger partial charge in [0.05, 0.1) is 62.4 Å². The Morgan fingerprint density at radius 2 is 1.12 bits per heavy atom. The summed E-state index contributed by atoms with van der Waals surface area (Å²) in [7, 11) is 0. The average molecular weight is 1220 g/mol. The number of fused-ring (bicyclic) bond motifs is 7. The van der Waals surface area contributed by atoms with Crippen molar-refractivity contribution in [1.29, 1.82) is 0 Å². The molecule has 5 aliphatic heterocycles. The lowest BCUT2D eigenvalue weighted by molar-refractivity contribution is -0.377. The first-order chi connectivity index (χ1) is 39.7. The Bertz CT molecular complexity index is 2390. The van der Waals surface area contributed by atoms with Gasteiger partial charge in [-0.2, -0.15) is 0 Å². The molecule has 21 unspecified atom stereocenters. The molecule has 5 heterocycles. The van der Waals surface area contributed by atoms with Gasteiger partial charge in [-0.05, 0) is 98.7 Å². The summed E-state index contributed by atoms with van der Waals surface area (Å²) in [5.74, 6) is -1.92. The van der Waals surface area contributed by atoms with Crippen LogP contribution in [0.4, 0.5) is 0 Å². The van der Waals surface area contributed by atoms with Crippen molar-refractivity contribution < 1.29 is 134 Å². The van der Waals surface area contributed by atoms with E-state index in [9.17, 15) is 81.7 Å². The maximum absolute atomic E-state index is 15.4. The second-order valence-corrected chi connectivity index (χ2v) is 28.3. The predicted molar refractivity (Wildman–Crippen MR) is 285 cm³/mol. The lowest BCUT2D eigenvalue weighted by atomic mass is 9.33. The van der Waals surface area contributed by atoms with E-state index in [4.69, 9.17) is 47.4 Å². The fourth-order valence-corrected chi connectivity index (χ4v) is 17.7. The van der Waals surface area contributed by atoms with Gasteiger partial charge >= 0.3 is 5.97 Å². The summed E-state index contributed by atoms with van der Waals surface area (Å²) in [5, 5.41) is 177. The molecule has 10 rings (SSSR count). The fourth-order valence-electron chi connectivity index (χ4n) is 17.7. The van der Waals surface area contributed by atoms with Gasteiger partial charge in [-0.1, -0.05) is 53.2 Å². The maximum Gasteiger partial charge on any atom is 0.315 e. The Morgan fingerprint density at radius 3 is 1.78 bits per heavy atom. The van der Waals surface area contributed by atoms with E-state index in [2.05, 4.69) is 33.8 Å². The highest BCUT2D eigenvalue weighted by atomic mass is 16.8. The minimum absolute atomic E-state index is 0.103. The average Bonchev–Trinajstić information content (AvgIpc) is 0.836. The predicted octanol–water partition coefficient (Wildman–Crippen LogP) is -3.96. The van der Waals surface area contributed by atoms with E-state index in [-0.39, 0.29) is 24.2 Å². The Balaban J connectivity index is 0.852. The first-order valence-corrected chi connectivity index (χ1v) is 30.2. The summed E-state index contributed by atoms with van der Waals surface area (Å²) >= 11 is 0. The third-order valence-corrected chi connectivity index (χ3v) is 22.7. The molecule has 488 valence electrons. The standard InChI is InChI=1S/C58H94O27/c1-22-32(65)35(68)38(71)48(78-22)82-43-29(64)20-76-47(41(43)74)81-42-23(2)79-49(40(73)37(42)70)83-44-33(66)28(63)19-77-51(44)85-52(75)58-13-11-53(3,4)15-25(58)24-9-10-31-54(5)16-27(62)46(84-50-39(72)36(69)34(67)30(18-59)80-50)55(6,21-60)45(54)26(61)17-57(31,8)56(24,7)12-14-58/h9,22-23,25-51,59-74H,10-21H2,1-8H3/t22?,23-,25?,26+,27-,28?,29?,30?,31?,32?,33?,34?,35?,36?,37-,38?,39?,40+,41?,42-,43?,44?,45?,46-,47?,48?,49-,50?,51?,54+,55-,56+,57+,58-/m0/s1. The number of aliphatic hydroxyl groups excluding tert-OH is 16. The lowest BCUT2D eigenvalue weighted by Crippen LogP contribution is -2.72. The molecule has 0 bridgehead atoms. The van der Waals surface area contributed by atoms with Crippen LogP contribution in [0.2, 0.25) is 0 Å². The van der Waals surface area contributed by atoms with Crippen molar-refractivity contribution in [3.63, 3.8) is 0 Å². The molecule has 85 heavy (non-hydrogen) atoms. The molecule has 4 saturated carbocycles. The second-order valence-electron chi connectivity index (χ2n) is 28.3. The second kappa shape index (κ2) is 24.0. The van der Waals surface area contributed by atoms with Crippen LogP contribution in [-0.4, -0.2) is 274 Å². The molecular formula is C58H94O27. The molecule has 0 aromatic carbocycles. The molecule has 0 spiro atoms. The van der Waals surface area contributed by atoms with Crippen molar-refractivity contribution in [2.24, 2.45) is 50.2 Å². The van der Waals surface area contributed by atoms with E-state index in [1.807, 2.05) is 6.92 Å². The van der Waals surface area contributed by atoms with Crippen molar-refractivity contribution in [1.82, 2.24) is 0 Å². The van der Waals surface area contributed by atoms with Crippen LogP contribution in [0.15, 0.2) is 11.6 Å². The summed E-state index contributed by atoms with van der Waals surface area (Å²) < 4.78 is 59.1. The van der Waals surface area contributed by atoms with Crippen molar-refractivity contribution in [2.45, 2.75) is 266 Å². The van der Waals surface area contributed by atoms with Crippen LogP contribution in [0, 0.1) is 50.2 Å². The number of esters is 1. The molecule has 16 N–H and O–H groups in total. The lowest BCUT2D eigenvalue weighted by Gasteiger charge is -2.72. The molecule has 0 aromatic heterocycles. The number of aliphatic hydroxyl groups is 16. The number of hydrogen-bond acceptors (Lipinski definition) is 27. The van der Waals surface area contributed by atoms with E-state index in [1.54, 1.807) is 6.92 Å². The van der Waals surface area contributed by atoms with Crippen LogP contribution < -0.4 is 0 Å². The zero-order valence-electron chi connectivity index (χ0n) is 49.5. The van der Waals surface area contributed by atoms with Gasteiger partial charge in [0.1, 0.15) is 91.6 Å². The number of carbonyl (C=O) groups excluding carboxylic acids is 1. The summed E-state index contributed by atoms with van der Waals surface area (Å²) in [5.41, 5.74) is -3.85. The van der Waals surface area contributed by atoms with E-state index < -0.39 is 231 Å². The van der Waals surface area contributed by atoms with Gasteiger partial charge in [-0.15, -0.1) is 0 Å². The first-order valence-electron chi connectivity index (χ1n) is 30.2. The Hall–Kier alpha value is -1.79. The molecule has 5 aliphatic carbocycles. The van der Waals surface area contributed by atoms with Crippen molar-refractivity contribution in [2.75, 3.05) is 26.4 Å². The van der Waals surface area contributed by atoms with E-state index in [0.717, 1.165) is 5.57 Å². The smallest absolute Gasteiger partial charge is 0.315 e. The fraction of sp³-hybridized carbons (Fsp3) is 0.948. The van der Waals surface area contributed by atoms with Gasteiger partial charge in [0.15, 0.2) is 31.3 Å². The molecule has 0 amide bonds. The molecule has 27 heteroatoms. The summed E-state index contributed by atoms with van der Waals surface area (Å²) in [6.45, 7) is 13.0. The van der Waals surface area contributed by atoms with E-state index in [0.29, 0.717) is 38.5 Å². The molecule has 0 aromatic rings. The largest absolute Gasteiger partial charge is 0.432 e. The Labute approximate surface area is 493 Å². The summed E-state index contributed by atoms with van der Waals surface area (Å²) in [6, 6.07) is 0. The van der Waals surface area contributed by atoms with Gasteiger partial charge in [-0.3, -0.25) is 4.79 Å². The highest BCUT2D eigenvalue weighted by Crippen LogP contribution is 2.76. The van der Waals surface area contributed by atoms with Crippen LogP contribution in [0.25, 0.3) is 0 Å². The summed E-state index contributed by atoms with van der Waals surface area (Å²) in [6.07, 6.45) is -35.1. The first kappa shape index (κ1) is 66.1. The zero-order chi connectivity index (χ0) is 62.2. The van der Waals surface area contributed by atoms with Crippen molar-refractivity contribution in [3.8, 4) is 0 Å². The zero-order valence-corrected chi connectivity index (χ0v) is 49.5. The number of rotatable bonds is 12. The molecular weight excluding hydrogens is 1130 g/mol. The van der Waals surface area contributed by atoms with Gasteiger partial charge < -0.3 is 129 Å². The molecule has 10 aliphatic rings. The summed E-state index contributed by atoms with van der Waals surface area (Å²) in [4.78, 5) is 15.4. The Kier molecular flexibility index (Phi) is 18.7. The molecule has 34 atom stereocenters. The quantitative estimate of drug-likeness (QED) is 0.0504. The highest BCUT2D eigenvalue weighted by molar-refractivity contribution is 5.79. The normalized spacial score (nSPS) is 56.1. The molecule has 27 nitrogen and oxygen atoms in total. The third-order valence-electron chi connectivity index (χ3n) is 22.7. The number of hydrogen-bond donors (Lipinski definition) is 16. The number of ether oxygens (including phenoxy) is 10. The van der Waals surface area contributed by atoms with Crippen LogP contribution in [0.1, 0.15) is 107 Å².